The van der Waals surface area contributed by atoms with E-state index in [0.717, 1.165) is 47.4 Å². The molecule has 1 N–H and O–H groups in total. The fourth-order valence-corrected chi connectivity index (χ4v) is 6.43. The molecular formula is C30H34BrN3O4S. The molecule has 0 saturated heterocycles. The molecule has 7 nitrogen and oxygen atoms in total. The molecule has 3 aromatic carbocycles. The highest BCUT2D eigenvalue weighted by Crippen LogP contribution is 2.28. The summed E-state index contributed by atoms with van der Waals surface area (Å²) in [4.78, 5) is 29.4. The fourth-order valence-electron chi connectivity index (χ4n) is 4.95. The Kier molecular flexibility index (Phi) is 9.80. The average Bonchev–Trinajstić information content (AvgIpc) is 3.43. The van der Waals surface area contributed by atoms with Crippen LogP contribution in [-0.2, 0) is 32.6 Å². The molecule has 1 atom stereocenters. The molecule has 0 radical (unpaired) electrons. The van der Waals surface area contributed by atoms with Gasteiger partial charge in [0, 0.05) is 23.5 Å². The normalized spacial score (nSPS) is 14.5. The molecule has 39 heavy (non-hydrogen) atoms. The third kappa shape index (κ3) is 7.92. The number of nitrogens with one attached hydrogen (secondary N) is 1. The van der Waals surface area contributed by atoms with Crippen LogP contribution in [0.2, 0.25) is 0 Å². The molecule has 0 bridgehead atoms. The lowest BCUT2D eigenvalue weighted by molar-refractivity contribution is -0.140. The standard InChI is InChI=1S/C30H34BrN3O4S/c1-39(37,38)34(27-19-11-10-18-26(27)31)22-29(35)33(21-24-14-6-3-7-15-24)28(20-23-12-4-2-5-13-23)30(36)32-25-16-8-9-17-25/h2-7,10-15,18-19,25,28H,8-9,16-17,20-22H2,1H3,(H,32,36)/t28-/m1/s1. The minimum Gasteiger partial charge on any atom is -0.352 e. The predicted molar refractivity (Wildman–Crippen MR) is 158 cm³/mol. The zero-order chi connectivity index (χ0) is 27.8. The summed E-state index contributed by atoms with van der Waals surface area (Å²) in [5.41, 5.74) is 2.13. The van der Waals surface area contributed by atoms with Crippen LogP contribution in [0.1, 0.15) is 36.8 Å². The van der Waals surface area contributed by atoms with Gasteiger partial charge in [-0.05, 0) is 52.0 Å². The zero-order valence-electron chi connectivity index (χ0n) is 22.0. The first-order valence-corrected chi connectivity index (χ1v) is 15.8. The van der Waals surface area contributed by atoms with Crippen molar-refractivity contribution in [2.75, 3.05) is 17.1 Å². The molecule has 0 aromatic heterocycles. The van der Waals surface area contributed by atoms with Crippen LogP contribution in [0.15, 0.2) is 89.4 Å². The van der Waals surface area contributed by atoms with Gasteiger partial charge >= 0.3 is 0 Å². The van der Waals surface area contributed by atoms with E-state index in [1.54, 1.807) is 24.3 Å². The average molecular weight is 613 g/mol. The lowest BCUT2D eigenvalue weighted by Crippen LogP contribution is -2.54. The highest BCUT2D eigenvalue weighted by Gasteiger charge is 2.34. The molecule has 0 spiro atoms. The van der Waals surface area contributed by atoms with Crippen LogP contribution in [0.4, 0.5) is 5.69 Å². The van der Waals surface area contributed by atoms with Gasteiger partial charge in [0.1, 0.15) is 12.6 Å². The maximum Gasteiger partial charge on any atom is 0.244 e. The maximum atomic E-state index is 14.1. The van der Waals surface area contributed by atoms with Crippen molar-refractivity contribution in [3.05, 3.63) is 101 Å². The van der Waals surface area contributed by atoms with E-state index in [1.165, 1.54) is 4.90 Å². The molecule has 1 aliphatic carbocycles. The van der Waals surface area contributed by atoms with E-state index in [1.807, 2.05) is 60.7 Å². The van der Waals surface area contributed by atoms with Crippen LogP contribution in [0.25, 0.3) is 0 Å². The number of carbonyl (C=O) groups is 2. The predicted octanol–water partition coefficient (Wildman–Crippen LogP) is 4.91. The number of hydrogen-bond donors (Lipinski definition) is 1. The number of amides is 2. The number of benzene rings is 3. The van der Waals surface area contributed by atoms with E-state index in [4.69, 9.17) is 0 Å². The summed E-state index contributed by atoms with van der Waals surface area (Å²) >= 11 is 3.42. The second-order valence-electron chi connectivity index (χ2n) is 9.92. The van der Waals surface area contributed by atoms with E-state index in [0.29, 0.717) is 16.6 Å². The smallest absolute Gasteiger partial charge is 0.244 e. The Bertz CT molecular complexity index is 1360. The molecule has 1 fully saturated rings. The number of nitrogens with zero attached hydrogens (tertiary/aromatic N) is 2. The molecule has 0 unspecified atom stereocenters. The highest BCUT2D eigenvalue weighted by molar-refractivity contribution is 9.10. The van der Waals surface area contributed by atoms with Crippen molar-refractivity contribution in [2.24, 2.45) is 0 Å². The third-order valence-electron chi connectivity index (χ3n) is 6.97. The molecule has 1 aliphatic rings. The van der Waals surface area contributed by atoms with Gasteiger partial charge in [0.25, 0.3) is 0 Å². The number of hydrogen-bond acceptors (Lipinski definition) is 4. The molecule has 0 heterocycles. The molecule has 0 aliphatic heterocycles. The number of sulfonamides is 1. The van der Waals surface area contributed by atoms with Crippen LogP contribution in [0.3, 0.4) is 0 Å². The van der Waals surface area contributed by atoms with Gasteiger partial charge in [-0.2, -0.15) is 0 Å². The van der Waals surface area contributed by atoms with Crippen molar-refractivity contribution in [1.82, 2.24) is 10.2 Å². The second-order valence-corrected chi connectivity index (χ2v) is 12.7. The van der Waals surface area contributed by atoms with Crippen molar-refractivity contribution < 1.29 is 18.0 Å². The van der Waals surface area contributed by atoms with Gasteiger partial charge < -0.3 is 10.2 Å². The third-order valence-corrected chi connectivity index (χ3v) is 8.77. The Hall–Kier alpha value is -3.17. The highest BCUT2D eigenvalue weighted by atomic mass is 79.9. The maximum absolute atomic E-state index is 14.1. The van der Waals surface area contributed by atoms with Gasteiger partial charge in [-0.25, -0.2) is 8.42 Å². The summed E-state index contributed by atoms with van der Waals surface area (Å²) in [6, 6.07) is 25.2. The summed E-state index contributed by atoms with van der Waals surface area (Å²) in [6.45, 7) is -0.265. The number of halogens is 1. The van der Waals surface area contributed by atoms with Crippen LogP contribution in [-0.4, -0.2) is 50.0 Å². The first kappa shape index (κ1) is 28.8. The van der Waals surface area contributed by atoms with Crippen LogP contribution >= 0.6 is 15.9 Å². The monoisotopic (exact) mass is 611 g/mol. The first-order valence-electron chi connectivity index (χ1n) is 13.1. The van der Waals surface area contributed by atoms with Gasteiger partial charge in [0.15, 0.2) is 0 Å². The van der Waals surface area contributed by atoms with Crippen LogP contribution in [0.5, 0.6) is 0 Å². The molecule has 2 amide bonds. The summed E-state index contributed by atoms with van der Waals surface area (Å²) < 4.78 is 27.4. The molecule has 4 rings (SSSR count). The largest absolute Gasteiger partial charge is 0.352 e. The van der Waals surface area contributed by atoms with Gasteiger partial charge in [0.2, 0.25) is 21.8 Å². The van der Waals surface area contributed by atoms with Crippen molar-refractivity contribution in [1.29, 1.82) is 0 Å². The van der Waals surface area contributed by atoms with Gasteiger partial charge in [-0.1, -0.05) is 85.6 Å². The number of carbonyl (C=O) groups excluding carboxylic acids is 2. The van der Waals surface area contributed by atoms with Gasteiger partial charge in [0.05, 0.1) is 11.9 Å². The molecular weight excluding hydrogens is 578 g/mol. The van der Waals surface area contributed by atoms with E-state index < -0.39 is 28.5 Å². The first-order chi connectivity index (χ1) is 18.7. The fraction of sp³-hybridized carbons (Fsp3) is 0.333. The molecule has 3 aromatic rings. The summed E-state index contributed by atoms with van der Waals surface area (Å²) in [5, 5.41) is 3.17. The van der Waals surface area contributed by atoms with Crippen molar-refractivity contribution in [3.63, 3.8) is 0 Å². The topological polar surface area (TPSA) is 86.8 Å². The SMILES string of the molecule is CS(=O)(=O)N(CC(=O)N(Cc1ccccc1)[C@H](Cc1ccccc1)C(=O)NC1CCCC1)c1ccccc1Br. The summed E-state index contributed by atoms with van der Waals surface area (Å²) in [6.07, 6.45) is 5.36. The Morgan fingerprint density at radius 2 is 1.46 bits per heavy atom. The van der Waals surface area contributed by atoms with E-state index in [2.05, 4.69) is 21.2 Å². The Labute approximate surface area is 239 Å². The molecule has 9 heteroatoms. The zero-order valence-corrected chi connectivity index (χ0v) is 24.4. The number of para-hydroxylation sites is 1. The minimum absolute atomic E-state index is 0.0808. The summed E-state index contributed by atoms with van der Waals surface area (Å²) in [7, 11) is -3.81. The Balaban J connectivity index is 1.71. The molecule has 206 valence electrons. The quantitative estimate of drug-likeness (QED) is 0.334. The van der Waals surface area contributed by atoms with Gasteiger partial charge in [-0.3, -0.25) is 13.9 Å². The van der Waals surface area contributed by atoms with Crippen molar-refractivity contribution in [2.45, 2.75) is 50.7 Å². The molecule has 1 saturated carbocycles. The lowest BCUT2D eigenvalue weighted by Gasteiger charge is -2.34. The van der Waals surface area contributed by atoms with Crippen molar-refractivity contribution >= 4 is 43.5 Å². The second kappa shape index (κ2) is 13.3. The lowest BCUT2D eigenvalue weighted by atomic mass is 10.0. The number of anilines is 1. The van der Waals surface area contributed by atoms with E-state index in [9.17, 15) is 18.0 Å². The van der Waals surface area contributed by atoms with Crippen molar-refractivity contribution in [3.8, 4) is 0 Å². The van der Waals surface area contributed by atoms with E-state index >= 15 is 0 Å². The minimum atomic E-state index is -3.81. The van der Waals surface area contributed by atoms with Crippen LogP contribution in [0, 0.1) is 0 Å². The van der Waals surface area contributed by atoms with Crippen LogP contribution < -0.4 is 9.62 Å². The van der Waals surface area contributed by atoms with E-state index in [-0.39, 0.29) is 18.5 Å². The number of rotatable bonds is 11. The Morgan fingerprint density at radius 1 is 0.897 bits per heavy atom. The van der Waals surface area contributed by atoms with Gasteiger partial charge in [-0.15, -0.1) is 0 Å². The summed E-state index contributed by atoms with van der Waals surface area (Å²) in [5.74, 6) is -0.677. The Morgan fingerprint density at radius 3 is 2.05 bits per heavy atom.